The van der Waals surface area contributed by atoms with Gasteiger partial charge in [0.1, 0.15) is 5.49 Å². The zero-order valence-corrected chi connectivity index (χ0v) is 13.0. The Hall–Kier alpha value is -2.12. The Morgan fingerprint density at radius 2 is 1.67 bits per heavy atom. The molecule has 0 aliphatic carbocycles. The second kappa shape index (κ2) is 6.55. The summed E-state index contributed by atoms with van der Waals surface area (Å²) in [5.74, 6) is 5.25. The Morgan fingerprint density at radius 3 is 2.00 bits per heavy atom. The minimum atomic E-state index is -4.08. The van der Waals surface area contributed by atoms with E-state index in [1.165, 1.54) is 4.68 Å². The van der Waals surface area contributed by atoms with Crippen molar-refractivity contribution >= 4 is 10.1 Å². The molecular weight excluding hydrogens is 290 g/mol. The number of nitrogens with two attached hydrogens (primary N) is 1. The van der Waals surface area contributed by atoms with Gasteiger partial charge in [-0.05, 0) is 44.0 Å². The third-order valence-corrected chi connectivity index (χ3v) is 3.91. The van der Waals surface area contributed by atoms with Gasteiger partial charge in [0.25, 0.3) is 10.1 Å². The van der Waals surface area contributed by atoms with Gasteiger partial charge in [0.2, 0.25) is 0 Å². The van der Waals surface area contributed by atoms with Crippen LogP contribution in [-0.2, 0) is 10.1 Å². The van der Waals surface area contributed by atoms with Crippen molar-refractivity contribution < 1.29 is 13.0 Å². The Balaban J connectivity index is 0.000000235. The molecule has 0 saturated heterocycles. The number of hydrogen-bond acceptors (Lipinski definition) is 4. The van der Waals surface area contributed by atoms with Crippen LogP contribution >= 0.6 is 0 Å². The van der Waals surface area contributed by atoms with Crippen LogP contribution in [0.2, 0.25) is 0 Å². The molecule has 2 rings (SSSR count). The van der Waals surface area contributed by atoms with E-state index in [0.29, 0.717) is 16.6 Å². The molecule has 0 bridgehead atoms. The molecule has 2 aromatic rings. The fourth-order valence-corrected chi connectivity index (χ4v) is 2.96. The van der Waals surface area contributed by atoms with Crippen molar-refractivity contribution in [3.8, 4) is 0 Å². The van der Waals surface area contributed by atoms with E-state index in [1.807, 2.05) is 6.92 Å². The van der Waals surface area contributed by atoms with E-state index in [2.05, 4.69) is 0 Å². The third-order valence-electron chi connectivity index (χ3n) is 2.75. The average molecular weight is 309 g/mol. The Kier molecular flexibility index (Phi) is 5.28. The van der Waals surface area contributed by atoms with Crippen molar-refractivity contribution in [1.29, 1.82) is 5.41 Å². The van der Waals surface area contributed by atoms with Crippen molar-refractivity contribution in [2.75, 3.05) is 5.84 Å². The topological polar surface area (TPSA) is 109 Å². The van der Waals surface area contributed by atoms with Gasteiger partial charge in [0.05, 0.1) is 4.90 Å². The highest BCUT2D eigenvalue weighted by molar-refractivity contribution is 7.86. The summed E-state index contributed by atoms with van der Waals surface area (Å²) in [4.78, 5) is 0.0260. The molecule has 7 heteroatoms. The molecule has 0 atom stereocenters. The van der Waals surface area contributed by atoms with Crippen LogP contribution in [0.4, 0.5) is 0 Å². The summed E-state index contributed by atoms with van der Waals surface area (Å²) in [6.07, 6.45) is 1.63. The highest BCUT2D eigenvalue weighted by Crippen LogP contribution is 2.20. The number of aromatic nitrogens is 1. The molecule has 21 heavy (non-hydrogen) atoms. The molecule has 0 saturated carbocycles. The van der Waals surface area contributed by atoms with E-state index >= 15 is 0 Å². The van der Waals surface area contributed by atoms with Gasteiger partial charge >= 0.3 is 0 Å². The fourth-order valence-electron chi connectivity index (χ4n) is 2.03. The summed E-state index contributed by atoms with van der Waals surface area (Å²) in [6, 6.07) is 8.63. The molecule has 0 spiro atoms. The number of nitrogens with one attached hydrogen (secondary N) is 1. The van der Waals surface area contributed by atoms with E-state index < -0.39 is 10.1 Å². The van der Waals surface area contributed by atoms with Gasteiger partial charge in [0, 0.05) is 6.20 Å². The minimum Gasteiger partial charge on any atom is -0.338 e. The molecule has 1 aromatic heterocycles. The van der Waals surface area contributed by atoms with Crippen molar-refractivity contribution in [3.63, 3.8) is 0 Å². The zero-order valence-electron chi connectivity index (χ0n) is 12.2. The smallest absolute Gasteiger partial charge is 0.295 e. The van der Waals surface area contributed by atoms with Gasteiger partial charge in [0.15, 0.2) is 0 Å². The third kappa shape index (κ3) is 4.73. The van der Waals surface area contributed by atoms with E-state index in [4.69, 9.17) is 15.8 Å². The molecule has 0 radical (unpaired) electrons. The van der Waals surface area contributed by atoms with Crippen LogP contribution in [0.1, 0.15) is 16.7 Å². The van der Waals surface area contributed by atoms with Crippen molar-refractivity contribution in [2.24, 2.45) is 0 Å². The molecule has 0 amide bonds. The van der Waals surface area contributed by atoms with Gasteiger partial charge in [-0.3, -0.25) is 14.6 Å². The molecule has 4 N–H and O–H groups in total. The Morgan fingerprint density at radius 1 is 1.14 bits per heavy atom. The van der Waals surface area contributed by atoms with E-state index in [-0.39, 0.29) is 4.90 Å². The number of nitrogens with zero attached hydrogens (tertiary/aromatic N) is 1. The van der Waals surface area contributed by atoms with Crippen LogP contribution in [0.5, 0.6) is 0 Å². The van der Waals surface area contributed by atoms with E-state index in [0.717, 1.165) is 5.56 Å². The van der Waals surface area contributed by atoms with Crippen molar-refractivity contribution in [2.45, 2.75) is 25.7 Å². The summed E-state index contributed by atoms with van der Waals surface area (Å²) >= 11 is 0. The number of nitrogen functional groups attached to an aromatic ring is 1. The zero-order chi connectivity index (χ0) is 16.2. The van der Waals surface area contributed by atoms with Crippen LogP contribution in [0.3, 0.4) is 0 Å². The number of rotatable bonds is 1. The lowest BCUT2D eigenvalue weighted by molar-refractivity contribution is 0.482. The molecule has 0 aliphatic heterocycles. The van der Waals surface area contributed by atoms with Gasteiger partial charge in [-0.25, -0.2) is 0 Å². The van der Waals surface area contributed by atoms with Gasteiger partial charge < -0.3 is 5.84 Å². The Labute approximate surface area is 124 Å². The molecule has 114 valence electrons. The normalized spacial score (nSPS) is 10.7. The molecule has 1 heterocycles. The first-order valence-corrected chi connectivity index (χ1v) is 7.59. The molecule has 0 aliphatic rings. The standard InChI is InChI=1S/C9H12O3S.C5H7N3/c1-6-4-7(2)9(8(3)5-6)13(10,11)12;6-5-3-1-2-4-8(5)7/h4-5H,1-3H3,(H,10,11,12);1-4,6H,7H2. The average Bonchev–Trinajstić information content (AvgIpc) is 2.30. The summed E-state index contributed by atoms with van der Waals surface area (Å²) in [5.41, 5.74) is 2.47. The van der Waals surface area contributed by atoms with Crippen molar-refractivity contribution in [1.82, 2.24) is 4.68 Å². The maximum atomic E-state index is 10.9. The quantitative estimate of drug-likeness (QED) is 0.548. The lowest BCUT2D eigenvalue weighted by atomic mass is 10.1. The second-order valence-electron chi connectivity index (χ2n) is 4.70. The van der Waals surface area contributed by atoms with Crippen LogP contribution in [-0.4, -0.2) is 17.6 Å². The highest BCUT2D eigenvalue weighted by Gasteiger charge is 2.15. The first-order chi connectivity index (χ1) is 9.62. The molecule has 6 nitrogen and oxygen atoms in total. The van der Waals surface area contributed by atoms with Gasteiger partial charge in [-0.2, -0.15) is 8.42 Å². The molecule has 0 fully saturated rings. The highest BCUT2D eigenvalue weighted by atomic mass is 32.2. The maximum Gasteiger partial charge on any atom is 0.295 e. The molecule has 1 aromatic carbocycles. The summed E-state index contributed by atoms with van der Waals surface area (Å²) in [5, 5.41) is 7.06. The summed E-state index contributed by atoms with van der Waals surface area (Å²) < 4.78 is 32.0. The number of aryl methyl sites for hydroxylation is 3. The van der Waals surface area contributed by atoms with Gasteiger partial charge in [-0.1, -0.05) is 23.8 Å². The number of pyridine rings is 1. The minimum absolute atomic E-state index is 0.0260. The van der Waals surface area contributed by atoms with E-state index in [9.17, 15) is 8.42 Å². The monoisotopic (exact) mass is 309 g/mol. The van der Waals surface area contributed by atoms with Crippen LogP contribution in [0, 0.1) is 26.2 Å². The van der Waals surface area contributed by atoms with Crippen molar-refractivity contribution in [3.05, 3.63) is 58.7 Å². The van der Waals surface area contributed by atoms with Crippen LogP contribution < -0.4 is 11.3 Å². The first kappa shape index (κ1) is 16.9. The predicted molar refractivity (Wildman–Crippen MR) is 80.9 cm³/mol. The SMILES string of the molecule is Cc1cc(C)c(S(=O)(=O)O)c(C)c1.N=c1ccccn1N. The Bertz CT molecular complexity index is 772. The largest absolute Gasteiger partial charge is 0.338 e. The lowest BCUT2D eigenvalue weighted by Gasteiger charge is -2.07. The number of benzene rings is 1. The first-order valence-electron chi connectivity index (χ1n) is 6.15. The summed E-state index contributed by atoms with van der Waals surface area (Å²) in [6.45, 7) is 5.22. The lowest BCUT2D eigenvalue weighted by Crippen LogP contribution is -2.24. The second-order valence-corrected chi connectivity index (χ2v) is 6.05. The number of hydrogen-bond donors (Lipinski definition) is 3. The van der Waals surface area contributed by atoms with Gasteiger partial charge in [-0.15, -0.1) is 0 Å². The molecule has 0 unspecified atom stereocenters. The maximum absolute atomic E-state index is 10.9. The fraction of sp³-hybridized carbons (Fsp3) is 0.214. The summed E-state index contributed by atoms with van der Waals surface area (Å²) in [7, 11) is -4.08. The van der Waals surface area contributed by atoms with Crippen LogP contribution in [0.15, 0.2) is 41.4 Å². The van der Waals surface area contributed by atoms with Crippen LogP contribution in [0.25, 0.3) is 0 Å². The predicted octanol–water partition coefficient (Wildman–Crippen LogP) is 1.54. The van der Waals surface area contributed by atoms with E-state index in [1.54, 1.807) is 50.4 Å². The molecular formula is C14H19N3O3S.